The first-order valence-corrected chi connectivity index (χ1v) is 5.06. The van der Waals surface area contributed by atoms with E-state index in [0.717, 1.165) is 0 Å². The van der Waals surface area contributed by atoms with Crippen molar-refractivity contribution in [2.24, 2.45) is 10.7 Å². The zero-order chi connectivity index (χ0) is 11.3. The average molecular weight is 349 g/mol. The van der Waals surface area contributed by atoms with E-state index in [4.69, 9.17) is 28.9 Å². The first kappa shape index (κ1) is 13.7. The molecular weight excluding hydrogens is 342 g/mol. The van der Waals surface area contributed by atoms with Gasteiger partial charge in [0, 0.05) is 0 Å². The van der Waals surface area contributed by atoms with Gasteiger partial charge in [0.05, 0.1) is 10.7 Å². The maximum atomic E-state index is 11.2. The predicted octanol–water partition coefficient (Wildman–Crippen LogP) is 2.11. The van der Waals surface area contributed by atoms with Crippen LogP contribution < -0.4 is 5.73 Å². The molecule has 0 radical (unpaired) electrons. The Hall–Kier alpha value is -0.270. The Bertz CT molecular complexity index is 322. The third kappa shape index (κ3) is 4.30. The molecule has 0 spiro atoms. The lowest BCUT2D eigenvalue weighted by atomic mass is 10.3. The molecule has 0 aliphatic rings. The van der Waals surface area contributed by atoms with Gasteiger partial charge in [0.1, 0.15) is 10.3 Å². The summed E-state index contributed by atoms with van der Waals surface area (Å²) in [5, 5.41) is -0.120. The van der Waals surface area contributed by atoms with E-state index in [1.165, 1.54) is 7.11 Å². The minimum atomic E-state index is -0.681. The Kier molecular flexibility index (Phi) is 6.14. The Morgan fingerprint density at radius 1 is 1.57 bits per heavy atom. The molecular formula is C7H7Cl2IN2O2. The van der Waals surface area contributed by atoms with Crippen LogP contribution in [0.2, 0.25) is 0 Å². The first-order valence-electron chi connectivity index (χ1n) is 3.22. The highest BCUT2D eigenvalue weighted by Gasteiger charge is 2.17. The molecule has 0 saturated carbocycles. The molecule has 0 aromatic carbocycles. The van der Waals surface area contributed by atoms with E-state index in [2.05, 4.69) is 16.3 Å². The van der Waals surface area contributed by atoms with Crippen molar-refractivity contribution in [3.05, 3.63) is 20.5 Å². The van der Waals surface area contributed by atoms with Gasteiger partial charge in [-0.25, -0.2) is 9.79 Å². The van der Waals surface area contributed by atoms with Gasteiger partial charge in [0.2, 0.25) is 0 Å². The summed E-state index contributed by atoms with van der Waals surface area (Å²) in [5.74, 6) is -0.681. The number of carbonyl (C=O) groups is 1. The topological polar surface area (TPSA) is 64.7 Å². The summed E-state index contributed by atoms with van der Waals surface area (Å²) in [6.07, 6.45) is 0. The summed E-state index contributed by atoms with van der Waals surface area (Å²) in [5.41, 5.74) is 5.21. The van der Waals surface area contributed by atoms with E-state index >= 15 is 0 Å². The number of rotatable bonds is 3. The minimum Gasteiger partial charge on any atom is -0.464 e. The lowest BCUT2D eigenvalue weighted by molar-refractivity contribution is -0.132. The summed E-state index contributed by atoms with van der Waals surface area (Å²) >= 11 is 12.7. The lowest BCUT2D eigenvalue weighted by Crippen LogP contribution is -2.17. The van der Waals surface area contributed by atoms with E-state index in [1.54, 1.807) is 22.6 Å². The Labute approximate surface area is 105 Å². The number of methoxy groups -OCH3 is 1. The number of esters is 1. The Balaban J connectivity index is 5.24. The smallest absolute Gasteiger partial charge is 0.357 e. The highest BCUT2D eigenvalue weighted by atomic mass is 127. The summed E-state index contributed by atoms with van der Waals surface area (Å²) in [4.78, 5) is 14.8. The molecule has 0 bridgehead atoms. The van der Waals surface area contributed by atoms with Gasteiger partial charge in [-0.2, -0.15) is 0 Å². The van der Waals surface area contributed by atoms with Crippen molar-refractivity contribution < 1.29 is 9.53 Å². The molecule has 14 heavy (non-hydrogen) atoms. The van der Waals surface area contributed by atoms with Crippen LogP contribution in [0.15, 0.2) is 25.5 Å². The van der Waals surface area contributed by atoms with Crippen molar-refractivity contribution in [3.8, 4) is 0 Å². The monoisotopic (exact) mass is 348 g/mol. The van der Waals surface area contributed by atoms with E-state index in [9.17, 15) is 4.79 Å². The van der Waals surface area contributed by atoms with Crippen molar-refractivity contribution >= 4 is 57.5 Å². The molecule has 2 N–H and O–H groups in total. The maximum absolute atomic E-state index is 11.2. The molecule has 78 valence electrons. The second kappa shape index (κ2) is 6.26. The third-order valence-electron chi connectivity index (χ3n) is 1.03. The maximum Gasteiger partial charge on any atom is 0.357 e. The fourth-order valence-corrected chi connectivity index (χ4v) is 1.03. The number of carbonyl (C=O) groups excluding carboxylic acids is 1. The zero-order valence-corrected chi connectivity index (χ0v) is 10.9. The van der Waals surface area contributed by atoms with E-state index in [-0.39, 0.29) is 19.6 Å². The standard InChI is InChI=1S/C7H7Cl2IN2O2/c1-3(8)12-5(7(13)14-2)4(10)6(9)11/h1,11H2,2H3/b6-4+,12-5+. The average Bonchev–Trinajstić information content (AvgIpc) is 2.11. The number of hydrogen-bond acceptors (Lipinski definition) is 4. The second-order valence-corrected chi connectivity index (χ2v) is 3.91. The molecule has 4 nitrogen and oxygen atoms in total. The molecule has 0 aromatic rings. The van der Waals surface area contributed by atoms with Crippen LogP contribution in [0.1, 0.15) is 0 Å². The highest BCUT2D eigenvalue weighted by molar-refractivity contribution is 14.1. The largest absolute Gasteiger partial charge is 0.464 e. The molecule has 0 amide bonds. The van der Waals surface area contributed by atoms with Gasteiger partial charge in [0.25, 0.3) is 0 Å². The summed E-state index contributed by atoms with van der Waals surface area (Å²) in [7, 11) is 1.21. The van der Waals surface area contributed by atoms with Gasteiger partial charge in [-0.3, -0.25) is 0 Å². The quantitative estimate of drug-likeness (QED) is 0.367. The number of hydrogen-bond donors (Lipinski definition) is 1. The van der Waals surface area contributed by atoms with Gasteiger partial charge in [-0.1, -0.05) is 29.8 Å². The molecule has 0 unspecified atom stereocenters. The number of ether oxygens (including phenoxy) is 1. The predicted molar refractivity (Wildman–Crippen MR) is 65.5 cm³/mol. The van der Waals surface area contributed by atoms with Gasteiger partial charge < -0.3 is 10.5 Å². The number of nitrogens with zero attached hydrogens (tertiary/aromatic N) is 1. The summed E-state index contributed by atoms with van der Waals surface area (Å²) in [6.45, 7) is 3.31. The SMILES string of the molecule is C=C(Cl)/N=C(C(=O)OC)\C(I)=C(/N)Cl. The van der Waals surface area contributed by atoms with Crippen LogP contribution in [0.3, 0.4) is 0 Å². The van der Waals surface area contributed by atoms with Crippen LogP contribution in [0.5, 0.6) is 0 Å². The van der Waals surface area contributed by atoms with Crippen molar-refractivity contribution in [1.82, 2.24) is 0 Å². The number of halogens is 3. The van der Waals surface area contributed by atoms with Gasteiger partial charge in [-0.15, -0.1) is 0 Å². The fraction of sp³-hybridized carbons (Fsp3) is 0.143. The fourth-order valence-electron chi connectivity index (χ4n) is 0.515. The van der Waals surface area contributed by atoms with Crippen LogP contribution in [-0.4, -0.2) is 18.8 Å². The first-order chi connectivity index (χ1) is 6.40. The second-order valence-electron chi connectivity index (χ2n) is 1.99. The highest BCUT2D eigenvalue weighted by Crippen LogP contribution is 2.17. The van der Waals surface area contributed by atoms with Crippen molar-refractivity contribution in [3.63, 3.8) is 0 Å². The van der Waals surface area contributed by atoms with Crippen molar-refractivity contribution in [2.75, 3.05) is 7.11 Å². The molecule has 0 rings (SSSR count). The molecule has 0 saturated heterocycles. The molecule has 0 aliphatic carbocycles. The molecule has 0 aliphatic heterocycles. The van der Waals surface area contributed by atoms with Gasteiger partial charge >= 0.3 is 5.97 Å². The van der Waals surface area contributed by atoms with Crippen LogP contribution in [0.25, 0.3) is 0 Å². The normalized spacial score (nSPS) is 13.3. The van der Waals surface area contributed by atoms with Crippen LogP contribution in [0.4, 0.5) is 0 Å². The molecule has 0 fully saturated rings. The summed E-state index contributed by atoms with van der Waals surface area (Å²) < 4.78 is 4.72. The van der Waals surface area contributed by atoms with Crippen LogP contribution >= 0.6 is 45.8 Å². The Morgan fingerprint density at radius 3 is 2.36 bits per heavy atom. The molecule has 0 atom stereocenters. The van der Waals surface area contributed by atoms with Gasteiger partial charge in [-0.05, 0) is 22.6 Å². The van der Waals surface area contributed by atoms with Crippen molar-refractivity contribution in [2.45, 2.75) is 0 Å². The van der Waals surface area contributed by atoms with E-state index in [0.29, 0.717) is 0 Å². The van der Waals surface area contributed by atoms with E-state index in [1.807, 2.05) is 0 Å². The molecule has 7 heteroatoms. The number of aliphatic imine (C=N–C) groups is 1. The molecule has 0 heterocycles. The number of nitrogens with two attached hydrogens (primary N) is 1. The van der Waals surface area contributed by atoms with Crippen LogP contribution in [0, 0.1) is 0 Å². The lowest BCUT2D eigenvalue weighted by Gasteiger charge is -2.03. The third-order valence-corrected chi connectivity index (χ3v) is 2.71. The molecule has 0 aromatic heterocycles. The summed E-state index contributed by atoms with van der Waals surface area (Å²) in [6, 6.07) is 0. The van der Waals surface area contributed by atoms with Crippen LogP contribution in [-0.2, 0) is 9.53 Å². The Morgan fingerprint density at radius 2 is 2.07 bits per heavy atom. The van der Waals surface area contributed by atoms with Gasteiger partial charge in [0.15, 0.2) is 5.71 Å². The van der Waals surface area contributed by atoms with Crippen molar-refractivity contribution in [1.29, 1.82) is 0 Å². The minimum absolute atomic E-state index is 0.0579. The van der Waals surface area contributed by atoms with E-state index < -0.39 is 5.97 Å². The zero-order valence-electron chi connectivity index (χ0n) is 7.18.